The molecule has 2 aromatic rings. The molecule has 2 aromatic carbocycles. The molecule has 0 aliphatic heterocycles. The van der Waals surface area contributed by atoms with Crippen molar-refractivity contribution in [3.8, 4) is 0 Å². The van der Waals surface area contributed by atoms with Crippen LogP contribution in [0.25, 0.3) is 5.57 Å². The van der Waals surface area contributed by atoms with Crippen molar-refractivity contribution in [2.75, 3.05) is 0 Å². The van der Waals surface area contributed by atoms with Gasteiger partial charge in [-0.05, 0) is 0 Å². The standard InChI is InChI=1S/C18H17.C9H13.C2H6Si.2ClH.Zr/c1-12-10-13(2)14(3)18(11-12)17-9-8-15-6-4-5-7-16(15)17;1-6-5-7(2)9(4)8(6)3;1-3-2;;;/h4-11H,1-3H3;6H,1-4H3;1-2H3;2*1H;. The molecule has 4 rings (SSSR count). The van der Waals surface area contributed by atoms with E-state index in [2.05, 4.69) is 104 Å². The monoisotopic (exact) mass is 574 g/mol. The van der Waals surface area contributed by atoms with E-state index >= 15 is 0 Å². The van der Waals surface area contributed by atoms with Gasteiger partial charge in [0.25, 0.3) is 0 Å². The summed E-state index contributed by atoms with van der Waals surface area (Å²) < 4.78 is 2.58. The molecule has 0 N–H and O–H groups in total. The molecule has 176 valence electrons. The normalized spacial score (nSPS) is 19.1. The zero-order chi connectivity index (χ0) is 22.6. The quantitative estimate of drug-likeness (QED) is 0.320. The Balaban J connectivity index is 0.00000193. The molecule has 0 bridgehead atoms. The van der Waals surface area contributed by atoms with Crippen LogP contribution in [-0.4, -0.2) is 5.43 Å². The molecule has 2 aliphatic rings. The Hall–Kier alpha value is -0.660. The van der Waals surface area contributed by atoms with E-state index in [1.807, 2.05) is 3.28 Å². The van der Waals surface area contributed by atoms with Crippen LogP contribution in [-0.2, 0) is 20.4 Å². The second-order valence-electron chi connectivity index (χ2n) is 9.88. The topological polar surface area (TPSA) is 0 Å². The van der Waals surface area contributed by atoms with Gasteiger partial charge in [-0.3, -0.25) is 0 Å². The number of fused-ring (bicyclic) bond motifs is 1. The van der Waals surface area contributed by atoms with Gasteiger partial charge >= 0.3 is 198 Å². The maximum Gasteiger partial charge on any atom is -0.147 e. The second-order valence-corrected chi connectivity index (χ2v) is 27.3. The van der Waals surface area contributed by atoms with Crippen molar-refractivity contribution in [1.29, 1.82) is 0 Å². The molecule has 33 heavy (non-hydrogen) atoms. The molecule has 0 nitrogen and oxygen atoms in total. The third-order valence-corrected chi connectivity index (χ3v) is 26.4. The number of allylic oxidation sites excluding steroid dienone is 5. The van der Waals surface area contributed by atoms with Crippen LogP contribution in [0.4, 0.5) is 0 Å². The van der Waals surface area contributed by atoms with Crippen LogP contribution < -0.4 is 0 Å². The molecule has 2 unspecified atom stereocenters. The number of hydrogen-bond donors (Lipinski definition) is 0. The van der Waals surface area contributed by atoms with Gasteiger partial charge in [0.1, 0.15) is 0 Å². The Bertz CT molecular complexity index is 1230. The van der Waals surface area contributed by atoms with E-state index in [1.54, 1.807) is 22.3 Å². The summed E-state index contributed by atoms with van der Waals surface area (Å²) >= 11 is -1.93. The Morgan fingerprint density at radius 3 is 2.03 bits per heavy atom. The summed E-state index contributed by atoms with van der Waals surface area (Å²) in [6.45, 7) is 21.6. The first-order valence-corrected chi connectivity index (χ1v) is 20.4. The van der Waals surface area contributed by atoms with Crippen molar-refractivity contribution < 1.29 is 20.4 Å². The first kappa shape index (κ1) is 28.6. The fourth-order valence-electron chi connectivity index (χ4n) is 5.70. The number of benzene rings is 2. The molecule has 0 amide bonds. The van der Waals surface area contributed by atoms with E-state index in [9.17, 15) is 0 Å². The summed E-state index contributed by atoms with van der Waals surface area (Å²) in [5, 5.41) is 0. The minimum Gasteiger partial charge on any atom is -0.147 e. The van der Waals surface area contributed by atoms with Crippen molar-refractivity contribution in [3.05, 3.63) is 95.9 Å². The zero-order valence-corrected chi connectivity index (χ0v) is 26.6. The fraction of sp³-hybridized carbons (Fsp3) is 0.379. The molecule has 0 spiro atoms. The van der Waals surface area contributed by atoms with Crippen LogP contribution >= 0.6 is 24.8 Å². The number of hydrogen-bond acceptors (Lipinski definition) is 0. The van der Waals surface area contributed by atoms with E-state index in [0.29, 0.717) is 9.54 Å². The van der Waals surface area contributed by atoms with E-state index < -0.39 is 20.4 Å². The van der Waals surface area contributed by atoms with Crippen LogP contribution in [0.5, 0.6) is 0 Å². The minimum atomic E-state index is -1.93. The Labute approximate surface area is 221 Å². The second kappa shape index (κ2) is 10.9. The molecule has 0 fully saturated rings. The number of aryl methyl sites for hydroxylation is 2. The smallest absolute Gasteiger partial charge is 0.147 e. The average Bonchev–Trinajstić information content (AvgIpc) is 3.18. The van der Waals surface area contributed by atoms with E-state index in [-0.39, 0.29) is 30.2 Å². The summed E-state index contributed by atoms with van der Waals surface area (Å²) in [5.74, 6) is 0.655. The summed E-state index contributed by atoms with van der Waals surface area (Å²) in [5.41, 5.74) is 14.8. The van der Waals surface area contributed by atoms with E-state index in [1.165, 1.54) is 33.4 Å². The van der Waals surface area contributed by atoms with Crippen molar-refractivity contribution in [2.45, 2.75) is 65.2 Å². The van der Waals surface area contributed by atoms with Gasteiger partial charge in [-0.1, -0.05) is 0 Å². The van der Waals surface area contributed by atoms with Gasteiger partial charge in [0.15, 0.2) is 0 Å². The maximum atomic E-state index is 2.72. The van der Waals surface area contributed by atoms with Crippen molar-refractivity contribution >= 4 is 35.8 Å². The molecule has 0 heterocycles. The fourth-order valence-corrected chi connectivity index (χ4v) is 25.4. The van der Waals surface area contributed by atoms with Crippen LogP contribution in [0.3, 0.4) is 0 Å². The maximum absolute atomic E-state index is 2.72. The Kier molecular flexibility index (Phi) is 9.48. The van der Waals surface area contributed by atoms with Gasteiger partial charge in [0.05, 0.1) is 0 Å². The molecule has 0 aromatic heterocycles. The first-order valence-electron chi connectivity index (χ1n) is 11.6. The molecule has 2 aliphatic carbocycles. The Morgan fingerprint density at radius 2 is 1.45 bits per heavy atom. The molecule has 0 radical (unpaired) electrons. The molecule has 0 saturated carbocycles. The van der Waals surface area contributed by atoms with Crippen molar-refractivity contribution in [1.82, 2.24) is 0 Å². The summed E-state index contributed by atoms with van der Waals surface area (Å²) in [7, 11) is 0. The average molecular weight is 577 g/mol. The van der Waals surface area contributed by atoms with Gasteiger partial charge in [-0.15, -0.1) is 24.8 Å². The van der Waals surface area contributed by atoms with E-state index in [0.717, 1.165) is 0 Å². The van der Waals surface area contributed by atoms with Crippen molar-refractivity contribution in [2.24, 2.45) is 5.92 Å². The predicted octanol–water partition coefficient (Wildman–Crippen LogP) is 9.07. The summed E-state index contributed by atoms with van der Waals surface area (Å²) in [4.78, 5) is 0. The third-order valence-electron chi connectivity index (χ3n) is 7.80. The predicted molar refractivity (Wildman–Crippen MR) is 149 cm³/mol. The van der Waals surface area contributed by atoms with Crippen molar-refractivity contribution in [3.63, 3.8) is 0 Å². The first-order chi connectivity index (χ1) is 14.6. The SMILES string of the molecule is CC1=C(C)C(C)[C]([Zr]([CH]2C=C(c3cc(C)cc(C)c3C)c3ccccc32)=[Si](C)C)=C1C.Cl.Cl. The Morgan fingerprint density at radius 1 is 0.818 bits per heavy atom. The van der Waals surface area contributed by atoms with Crippen LogP contribution in [0.2, 0.25) is 13.1 Å². The van der Waals surface area contributed by atoms with Gasteiger partial charge in [-0.25, -0.2) is 0 Å². The molecule has 2 atom stereocenters. The molecule has 4 heteroatoms. The molecular weight excluding hydrogens is 539 g/mol. The molecular formula is C29H38Cl2SiZr. The van der Waals surface area contributed by atoms with Gasteiger partial charge in [-0.2, -0.15) is 0 Å². The largest absolute Gasteiger partial charge is 0.147 e. The summed E-state index contributed by atoms with van der Waals surface area (Å²) in [6.07, 6.45) is 2.72. The van der Waals surface area contributed by atoms with Gasteiger partial charge in [0.2, 0.25) is 0 Å². The molecule has 0 saturated heterocycles. The number of rotatable bonds is 3. The summed E-state index contributed by atoms with van der Waals surface area (Å²) in [6, 6.07) is 14.1. The van der Waals surface area contributed by atoms with Crippen LogP contribution in [0.1, 0.15) is 64.7 Å². The zero-order valence-electron chi connectivity index (χ0n) is 21.5. The van der Waals surface area contributed by atoms with Crippen LogP contribution in [0.15, 0.2) is 62.5 Å². The van der Waals surface area contributed by atoms with Gasteiger partial charge in [0, 0.05) is 0 Å². The number of halogens is 2. The van der Waals surface area contributed by atoms with E-state index in [4.69, 9.17) is 0 Å². The van der Waals surface area contributed by atoms with Crippen LogP contribution in [0, 0.1) is 26.7 Å². The van der Waals surface area contributed by atoms with Gasteiger partial charge < -0.3 is 0 Å². The minimum absolute atomic E-state index is 0. The third kappa shape index (κ3) is 4.88.